The van der Waals surface area contributed by atoms with Gasteiger partial charge in [-0.3, -0.25) is 0 Å². The van der Waals surface area contributed by atoms with Crippen molar-refractivity contribution in [2.24, 2.45) is 0 Å². The van der Waals surface area contributed by atoms with Crippen molar-refractivity contribution in [3.05, 3.63) is 27.7 Å². The van der Waals surface area contributed by atoms with Crippen molar-refractivity contribution < 1.29 is 5.11 Å². The second kappa shape index (κ2) is 7.84. The molecular weight excluding hydrogens is 342 g/mol. The van der Waals surface area contributed by atoms with Gasteiger partial charge in [0, 0.05) is 10.5 Å². The van der Waals surface area contributed by atoms with Crippen LogP contribution in [0.25, 0.3) is 0 Å². The van der Waals surface area contributed by atoms with Gasteiger partial charge in [-0.05, 0) is 46.5 Å². The Balaban J connectivity index is 0.00000200. The summed E-state index contributed by atoms with van der Waals surface area (Å²) in [4.78, 5) is 0. The third-order valence-corrected chi connectivity index (χ3v) is 4.31. The van der Waals surface area contributed by atoms with Crippen LogP contribution in [0, 0.1) is 11.3 Å². The van der Waals surface area contributed by atoms with Gasteiger partial charge in [-0.2, -0.15) is 5.26 Å². The van der Waals surface area contributed by atoms with Crippen molar-refractivity contribution in [2.45, 2.75) is 37.8 Å². The van der Waals surface area contributed by atoms with E-state index >= 15 is 0 Å². The number of benzene rings is 1. The highest BCUT2D eigenvalue weighted by Crippen LogP contribution is 2.29. The number of anilines is 1. The molecule has 0 bridgehead atoms. The minimum absolute atomic E-state index is 0. The Morgan fingerprint density at radius 2 is 2.10 bits per heavy atom. The molecule has 4 nitrogen and oxygen atoms in total. The number of hydrogen-bond acceptors (Lipinski definition) is 4. The predicted molar refractivity (Wildman–Crippen MR) is 85.7 cm³/mol. The molecule has 0 aliphatic heterocycles. The summed E-state index contributed by atoms with van der Waals surface area (Å²) < 4.78 is 0.702. The molecule has 6 heteroatoms. The van der Waals surface area contributed by atoms with Crippen LogP contribution >= 0.6 is 28.3 Å². The van der Waals surface area contributed by atoms with Crippen LogP contribution in [-0.2, 0) is 0 Å². The molecule has 0 aromatic heterocycles. The number of halogens is 2. The fraction of sp³-hybridized carbons (Fsp3) is 0.500. The van der Waals surface area contributed by atoms with Crippen molar-refractivity contribution >= 4 is 34.0 Å². The minimum Gasteiger partial charge on any atom is -0.397 e. The zero-order valence-corrected chi connectivity index (χ0v) is 13.5. The molecule has 0 spiro atoms. The molecule has 1 aliphatic rings. The first-order valence-electron chi connectivity index (χ1n) is 6.51. The lowest BCUT2D eigenvalue weighted by Crippen LogP contribution is -2.32. The quantitative estimate of drug-likeness (QED) is 0.721. The molecule has 110 valence electrons. The number of nitriles is 1. The highest BCUT2D eigenvalue weighted by Gasteiger charge is 2.21. The zero-order chi connectivity index (χ0) is 13.8. The Kier molecular flexibility index (Phi) is 6.77. The van der Waals surface area contributed by atoms with Crippen molar-refractivity contribution in [1.82, 2.24) is 5.32 Å². The van der Waals surface area contributed by atoms with Gasteiger partial charge in [-0.15, -0.1) is 12.4 Å². The summed E-state index contributed by atoms with van der Waals surface area (Å²) in [5.74, 6) is 0. The topological polar surface area (TPSA) is 82.1 Å². The molecule has 20 heavy (non-hydrogen) atoms. The van der Waals surface area contributed by atoms with E-state index in [2.05, 4.69) is 27.3 Å². The van der Waals surface area contributed by atoms with Crippen molar-refractivity contribution in [3.8, 4) is 6.07 Å². The van der Waals surface area contributed by atoms with Gasteiger partial charge in [0.1, 0.15) is 6.07 Å². The second-order valence-corrected chi connectivity index (χ2v) is 5.81. The molecule has 0 heterocycles. The number of nitrogens with one attached hydrogen (secondary N) is 1. The van der Waals surface area contributed by atoms with E-state index < -0.39 is 0 Å². The third-order valence-electron chi connectivity index (χ3n) is 3.65. The molecule has 0 saturated heterocycles. The van der Waals surface area contributed by atoms with Crippen LogP contribution in [0.5, 0.6) is 0 Å². The Morgan fingerprint density at radius 3 is 2.65 bits per heavy atom. The highest BCUT2D eigenvalue weighted by molar-refractivity contribution is 9.10. The van der Waals surface area contributed by atoms with Crippen LogP contribution in [-0.4, -0.2) is 17.8 Å². The van der Waals surface area contributed by atoms with Crippen LogP contribution in [0.3, 0.4) is 0 Å². The van der Waals surface area contributed by atoms with Gasteiger partial charge in [-0.1, -0.05) is 12.8 Å². The van der Waals surface area contributed by atoms with E-state index in [1.807, 2.05) is 6.07 Å². The number of rotatable bonds is 4. The van der Waals surface area contributed by atoms with E-state index in [0.717, 1.165) is 18.4 Å². The molecule has 4 N–H and O–H groups in total. The Bertz CT molecular complexity index is 498. The number of hydrogen-bond donors (Lipinski definition) is 3. The van der Waals surface area contributed by atoms with E-state index in [0.29, 0.717) is 21.8 Å². The molecule has 1 saturated carbocycles. The van der Waals surface area contributed by atoms with E-state index in [1.54, 1.807) is 6.07 Å². The summed E-state index contributed by atoms with van der Waals surface area (Å²) in [6.45, 7) is 0.0116. The Hall–Kier alpha value is -0.800. The predicted octanol–water partition coefficient (Wildman–Crippen LogP) is 2.89. The number of aliphatic hydroxyl groups excluding tert-OH is 1. The van der Waals surface area contributed by atoms with Crippen LogP contribution < -0.4 is 11.1 Å². The number of nitrogen functional groups attached to an aromatic ring is 1. The van der Waals surface area contributed by atoms with Gasteiger partial charge in [-0.25, -0.2) is 0 Å². The first kappa shape index (κ1) is 17.3. The summed E-state index contributed by atoms with van der Waals surface area (Å²) in [6, 6.07) is 6.02. The molecule has 1 aromatic rings. The van der Waals surface area contributed by atoms with Gasteiger partial charge < -0.3 is 16.2 Å². The van der Waals surface area contributed by atoms with Gasteiger partial charge in [0.2, 0.25) is 0 Å². The molecule has 1 fully saturated rings. The standard InChI is InChI=1S/C14H18BrN3O.ClH/c15-12-6-9(5-10(7-16)14(12)17)13(8-19)18-11-3-1-2-4-11;/h5-6,11,13,18-19H,1-4,8,17H2;1H. The van der Waals surface area contributed by atoms with Crippen LogP contribution in [0.2, 0.25) is 0 Å². The summed E-state index contributed by atoms with van der Waals surface area (Å²) in [6.07, 6.45) is 4.78. The SMILES string of the molecule is Cl.N#Cc1cc(C(CO)NC2CCCC2)cc(Br)c1N. The van der Waals surface area contributed by atoms with Gasteiger partial charge in [0.25, 0.3) is 0 Å². The fourth-order valence-electron chi connectivity index (χ4n) is 2.56. The molecular formula is C14H19BrClN3O. The Labute approximate surface area is 133 Å². The van der Waals surface area contributed by atoms with E-state index in [-0.39, 0.29) is 25.1 Å². The summed E-state index contributed by atoms with van der Waals surface area (Å²) in [7, 11) is 0. The molecule has 1 unspecified atom stereocenters. The molecule has 0 radical (unpaired) electrons. The van der Waals surface area contributed by atoms with Crippen LogP contribution in [0.1, 0.15) is 42.9 Å². The van der Waals surface area contributed by atoms with Crippen molar-refractivity contribution in [3.63, 3.8) is 0 Å². The van der Waals surface area contributed by atoms with Crippen molar-refractivity contribution in [1.29, 1.82) is 5.26 Å². The molecule has 1 aromatic carbocycles. The van der Waals surface area contributed by atoms with Gasteiger partial charge >= 0.3 is 0 Å². The van der Waals surface area contributed by atoms with E-state index in [4.69, 9.17) is 11.0 Å². The zero-order valence-electron chi connectivity index (χ0n) is 11.1. The summed E-state index contributed by atoms with van der Waals surface area (Å²) in [5, 5.41) is 22.1. The first-order chi connectivity index (χ1) is 9.15. The monoisotopic (exact) mass is 359 g/mol. The van der Waals surface area contributed by atoms with Crippen molar-refractivity contribution in [2.75, 3.05) is 12.3 Å². The molecule has 0 amide bonds. The molecule has 1 atom stereocenters. The van der Waals surface area contributed by atoms with Crippen LogP contribution in [0.4, 0.5) is 5.69 Å². The summed E-state index contributed by atoms with van der Waals surface area (Å²) in [5.41, 5.74) is 7.60. The average molecular weight is 361 g/mol. The van der Waals surface area contributed by atoms with Gasteiger partial charge in [0.05, 0.1) is 23.9 Å². The van der Waals surface area contributed by atoms with Gasteiger partial charge in [0.15, 0.2) is 0 Å². The minimum atomic E-state index is -0.146. The largest absolute Gasteiger partial charge is 0.397 e. The maximum atomic E-state index is 9.57. The number of nitrogens with two attached hydrogens (primary N) is 1. The lowest BCUT2D eigenvalue weighted by molar-refractivity contribution is 0.233. The molecule has 1 aliphatic carbocycles. The first-order valence-corrected chi connectivity index (χ1v) is 7.31. The Morgan fingerprint density at radius 1 is 1.45 bits per heavy atom. The fourth-order valence-corrected chi connectivity index (χ4v) is 3.04. The van der Waals surface area contributed by atoms with E-state index in [1.165, 1.54) is 12.8 Å². The lowest BCUT2D eigenvalue weighted by Gasteiger charge is -2.22. The smallest absolute Gasteiger partial charge is 0.101 e. The summed E-state index contributed by atoms with van der Waals surface area (Å²) >= 11 is 3.36. The highest BCUT2D eigenvalue weighted by atomic mass is 79.9. The maximum Gasteiger partial charge on any atom is 0.101 e. The van der Waals surface area contributed by atoms with E-state index in [9.17, 15) is 5.11 Å². The molecule has 2 rings (SSSR count). The maximum absolute atomic E-state index is 9.57. The average Bonchev–Trinajstić information content (AvgIpc) is 2.92. The lowest BCUT2D eigenvalue weighted by atomic mass is 10.0. The van der Waals surface area contributed by atoms with Crippen LogP contribution in [0.15, 0.2) is 16.6 Å². The second-order valence-electron chi connectivity index (χ2n) is 4.96. The third kappa shape index (κ3) is 3.86. The number of aliphatic hydroxyl groups is 1. The normalized spacial score (nSPS) is 16.4. The number of nitrogens with zero attached hydrogens (tertiary/aromatic N) is 1.